The van der Waals surface area contributed by atoms with E-state index in [0.717, 1.165) is 16.2 Å². The molecule has 3 aromatic rings. The van der Waals surface area contributed by atoms with Crippen LogP contribution in [0.25, 0.3) is 11.3 Å². The van der Waals surface area contributed by atoms with Gasteiger partial charge in [-0.3, -0.25) is 8.93 Å². The van der Waals surface area contributed by atoms with Crippen LogP contribution >= 0.6 is 11.9 Å². The molecule has 2 aromatic carbocycles. The summed E-state index contributed by atoms with van der Waals surface area (Å²) >= 11 is 1.37. The van der Waals surface area contributed by atoms with Crippen LogP contribution in [0, 0.1) is 0 Å². The summed E-state index contributed by atoms with van der Waals surface area (Å²) in [5.41, 5.74) is 9.50. The van der Waals surface area contributed by atoms with Crippen molar-refractivity contribution in [2.24, 2.45) is 0 Å². The molecule has 5 nitrogen and oxygen atoms in total. The molecule has 7 heteroatoms. The quantitative estimate of drug-likeness (QED) is 0.356. The third kappa shape index (κ3) is 4.87. The molecule has 0 aliphatic heterocycles. The normalized spacial score (nSPS) is 12.1. The maximum absolute atomic E-state index is 12.1. The predicted octanol–water partition coefficient (Wildman–Crippen LogP) is 4.71. The first kappa shape index (κ1) is 19.4. The molecule has 0 bridgehead atoms. The van der Waals surface area contributed by atoms with Gasteiger partial charge in [0.25, 0.3) is 0 Å². The van der Waals surface area contributed by atoms with Gasteiger partial charge in [-0.25, -0.2) is 9.97 Å². The Balaban J connectivity index is 1.97. The van der Waals surface area contributed by atoms with Crippen molar-refractivity contribution in [3.05, 3.63) is 60.2 Å². The summed E-state index contributed by atoms with van der Waals surface area (Å²) < 4.78 is 15.2. The van der Waals surface area contributed by atoms with Crippen LogP contribution in [0.1, 0.15) is 25.3 Å². The van der Waals surface area contributed by atoms with Crippen LogP contribution < -0.4 is 10.5 Å². The first-order valence-corrected chi connectivity index (χ1v) is 10.9. The average molecular weight is 399 g/mol. The molecule has 0 spiro atoms. The van der Waals surface area contributed by atoms with E-state index in [1.165, 1.54) is 17.5 Å². The van der Waals surface area contributed by atoms with Gasteiger partial charge in [0.1, 0.15) is 5.03 Å². The van der Waals surface area contributed by atoms with E-state index in [1.54, 1.807) is 12.3 Å². The van der Waals surface area contributed by atoms with Gasteiger partial charge in [0.05, 0.1) is 16.5 Å². The summed E-state index contributed by atoms with van der Waals surface area (Å²) in [7, 11) is -1.21. The van der Waals surface area contributed by atoms with Crippen LogP contribution in [0.3, 0.4) is 0 Å². The molecule has 3 N–H and O–H groups in total. The Kier molecular flexibility index (Phi) is 6.13. The fraction of sp³-hybridized carbons (Fsp3) is 0.200. The Morgan fingerprint density at radius 2 is 1.85 bits per heavy atom. The molecule has 1 heterocycles. The largest absolute Gasteiger partial charge is 0.399 e. The van der Waals surface area contributed by atoms with Gasteiger partial charge >= 0.3 is 0 Å². The van der Waals surface area contributed by atoms with E-state index in [0.29, 0.717) is 22.6 Å². The molecular formula is C20H22N4OS2. The van der Waals surface area contributed by atoms with E-state index in [-0.39, 0.29) is 0 Å². The average Bonchev–Trinajstić information content (AvgIpc) is 2.66. The molecule has 0 fully saturated rings. The maximum Gasteiger partial charge on any atom is 0.234 e. The van der Waals surface area contributed by atoms with Crippen LogP contribution in [0.4, 0.5) is 11.6 Å². The van der Waals surface area contributed by atoms with Crippen molar-refractivity contribution < 1.29 is 4.21 Å². The van der Waals surface area contributed by atoms with Crippen LogP contribution in [0.2, 0.25) is 0 Å². The molecule has 140 valence electrons. The molecule has 1 aromatic heterocycles. The second kappa shape index (κ2) is 8.54. The molecule has 27 heavy (non-hydrogen) atoms. The summed E-state index contributed by atoms with van der Waals surface area (Å²) in [4.78, 5) is 10.0. The van der Waals surface area contributed by atoms with Crippen LogP contribution in [-0.2, 0) is 10.8 Å². The van der Waals surface area contributed by atoms with Crippen molar-refractivity contribution in [2.45, 2.75) is 29.7 Å². The molecule has 0 saturated carbocycles. The van der Waals surface area contributed by atoms with Gasteiger partial charge in [-0.15, -0.1) is 0 Å². The first-order chi connectivity index (χ1) is 12.9. The number of hydrogen-bond donors (Lipinski definition) is 2. The number of anilines is 2. The highest BCUT2D eigenvalue weighted by Crippen LogP contribution is 2.30. The van der Waals surface area contributed by atoms with Crippen LogP contribution in [0.5, 0.6) is 0 Å². The Morgan fingerprint density at radius 3 is 2.56 bits per heavy atom. The lowest BCUT2D eigenvalue weighted by molar-refractivity contribution is 0.684. The maximum atomic E-state index is 12.1. The summed E-state index contributed by atoms with van der Waals surface area (Å²) in [6.45, 7) is 4.29. The highest BCUT2D eigenvalue weighted by atomic mass is 32.2. The highest BCUT2D eigenvalue weighted by molar-refractivity contribution is 8.00. The molecule has 0 amide bonds. The lowest BCUT2D eigenvalue weighted by Gasteiger charge is -2.14. The smallest absolute Gasteiger partial charge is 0.234 e. The minimum atomic E-state index is -1.21. The van der Waals surface area contributed by atoms with Gasteiger partial charge in [0, 0.05) is 22.4 Å². The number of hydrogen-bond acceptors (Lipinski definition) is 6. The molecule has 0 aliphatic carbocycles. The van der Waals surface area contributed by atoms with Crippen molar-refractivity contribution >= 4 is 34.4 Å². The Labute approximate surface area is 166 Å². The standard InChI is InChI=1S/C20H22N4OS2/c1-13(2)16-9-4-5-10-17(16)18-12-19(27(3)25)23-20(22-18)24-26-15-8-6-7-14(21)11-15/h4-13H,21H2,1-3H3,(H,22,23,24). The van der Waals surface area contributed by atoms with E-state index in [2.05, 4.69) is 34.6 Å². The molecule has 0 aliphatic rings. The number of nitrogens with zero attached hydrogens (tertiary/aromatic N) is 2. The van der Waals surface area contributed by atoms with Gasteiger partial charge in [-0.05, 0) is 47.7 Å². The summed E-state index contributed by atoms with van der Waals surface area (Å²) in [6.07, 6.45) is 1.62. The molecule has 0 radical (unpaired) electrons. The van der Waals surface area contributed by atoms with E-state index in [1.807, 2.05) is 42.5 Å². The zero-order valence-electron chi connectivity index (χ0n) is 15.5. The Bertz CT molecular complexity index is 976. The molecule has 3 rings (SSSR count). The lowest BCUT2D eigenvalue weighted by Crippen LogP contribution is -2.03. The van der Waals surface area contributed by atoms with E-state index < -0.39 is 10.8 Å². The zero-order valence-corrected chi connectivity index (χ0v) is 17.1. The number of nitrogens with one attached hydrogen (secondary N) is 1. The molecule has 1 unspecified atom stereocenters. The van der Waals surface area contributed by atoms with Crippen molar-refractivity contribution in [1.29, 1.82) is 0 Å². The van der Waals surface area contributed by atoms with Crippen molar-refractivity contribution in [2.75, 3.05) is 16.7 Å². The fourth-order valence-corrected chi connectivity index (χ4v) is 3.81. The minimum Gasteiger partial charge on any atom is -0.399 e. The fourth-order valence-electron chi connectivity index (χ4n) is 2.67. The third-order valence-electron chi connectivity index (χ3n) is 3.97. The number of benzene rings is 2. The van der Waals surface area contributed by atoms with Gasteiger partial charge in [0.15, 0.2) is 0 Å². The molecule has 0 saturated heterocycles. The van der Waals surface area contributed by atoms with E-state index in [4.69, 9.17) is 5.73 Å². The number of aromatic nitrogens is 2. The van der Waals surface area contributed by atoms with Crippen molar-refractivity contribution in [3.8, 4) is 11.3 Å². The van der Waals surface area contributed by atoms with Crippen LogP contribution in [0.15, 0.2) is 64.5 Å². The molecular weight excluding hydrogens is 376 g/mol. The second-order valence-electron chi connectivity index (χ2n) is 6.39. The van der Waals surface area contributed by atoms with E-state index >= 15 is 0 Å². The van der Waals surface area contributed by atoms with Gasteiger partial charge in [-0.1, -0.05) is 44.2 Å². The Hall–Kier alpha value is -2.38. The highest BCUT2D eigenvalue weighted by Gasteiger charge is 2.14. The lowest BCUT2D eigenvalue weighted by atomic mass is 9.95. The first-order valence-electron chi connectivity index (χ1n) is 8.54. The number of rotatable bonds is 6. The van der Waals surface area contributed by atoms with Gasteiger partial charge < -0.3 is 5.73 Å². The van der Waals surface area contributed by atoms with Gasteiger partial charge in [-0.2, -0.15) is 0 Å². The van der Waals surface area contributed by atoms with E-state index in [9.17, 15) is 4.21 Å². The minimum absolute atomic E-state index is 0.352. The summed E-state index contributed by atoms with van der Waals surface area (Å²) in [5, 5.41) is 0.495. The SMILES string of the molecule is CC(C)c1ccccc1-c1cc(S(C)=O)nc(NSc2cccc(N)c2)n1. The predicted molar refractivity (Wildman–Crippen MR) is 114 cm³/mol. The second-order valence-corrected chi connectivity index (χ2v) is 8.59. The summed E-state index contributed by atoms with van der Waals surface area (Å²) in [5.74, 6) is 0.772. The monoisotopic (exact) mass is 398 g/mol. The summed E-state index contributed by atoms with van der Waals surface area (Å²) in [6, 6.07) is 17.5. The van der Waals surface area contributed by atoms with Gasteiger partial charge in [0.2, 0.25) is 5.95 Å². The number of nitrogen functional groups attached to an aromatic ring is 1. The Morgan fingerprint density at radius 1 is 1.07 bits per heavy atom. The third-order valence-corrected chi connectivity index (χ3v) is 5.55. The van der Waals surface area contributed by atoms with Crippen molar-refractivity contribution in [1.82, 2.24) is 9.97 Å². The number of nitrogens with two attached hydrogens (primary N) is 1. The zero-order chi connectivity index (χ0) is 19.4. The molecule has 1 atom stereocenters. The van der Waals surface area contributed by atoms with Crippen molar-refractivity contribution in [3.63, 3.8) is 0 Å². The topological polar surface area (TPSA) is 80.9 Å². The van der Waals surface area contributed by atoms with Crippen LogP contribution in [-0.4, -0.2) is 20.4 Å².